The van der Waals surface area contributed by atoms with Gasteiger partial charge in [-0.15, -0.1) is 0 Å². The third kappa shape index (κ3) is 3.08. The van der Waals surface area contributed by atoms with E-state index in [1.165, 1.54) is 0 Å². The summed E-state index contributed by atoms with van der Waals surface area (Å²) in [6, 6.07) is 5.82. The summed E-state index contributed by atoms with van der Waals surface area (Å²) in [5, 5.41) is 13.9. The molecule has 0 fully saturated rings. The van der Waals surface area contributed by atoms with Crippen LogP contribution >= 0.6 is 0 Å². The van der Waals surface area contributed by atoms with E-state index in [1.54, 1.807) is 0 Å². The van der Waals surface area contributed by atoms with Crippen LogP contribution in [0, 0.1) is 0 Å². The Morgan fingerprint density at radius 3 is 3.19 bits per heavy atom. The predicted octanol–water partition coefficient (Wildman–Crippen LogP) is 2.97. The summed E-state index contributed by atoms with van der Waals surface area (Å²) in [7, 11) is 0. The van der Waals surface area contributed by atoms with Gasteiger partial charge in [-0.1, -0.05) is 24.2 Å². The first-order valence-electron chi connectivity index (χ1n) is 7.52. The Kier molecular flexibility index (Phi) is 4.20. The van der Waals surface area contributed by atoms with Crippen molar-refractivity contribution in [2.75, 3.05) is 0 Å². The smallest absolute Gasteiger partial charge is 0.264 e. The summed E-state index contributed by atoms with van der Waals surface area (Å²) in [4.78, 5) is 4.29. The van der Waals surface area contributed by atoms with E-state index < -0.39 is 0 Å². The number of ether oxygens (including phenoxy) is 1. The number of benzene rings is 1. The molecule has 1 N–H and O–H groups in total. The lowest BCUT2D eigenvalue weighted by molar-refractivity contribution is 0.154. The molecule has 1 heterocycles. The van der Waals surface area contributed by atoms with Gasteiger partial charge >= 0.3 is 0 Å². The lowest BCUT2D eigenvalue weighted by atomic mass is 9.89. The maximum Gasteiger partial charge on any atom is 0.264 e. The van der Waals surface area contributed by atoms with Crippen LogP contribution in [-0.4, -0.2) is 15.2 Å². The molecule has 0 saturated carbocycles. The van der Waals surface area contributed by atoms with Crippen molar-refractivity contribution in [1.29, 1.82) is 0 Å². The van der Waals surface area contributed by atoms with E-state index in [1.807, 2.05) is 18.2 Å². The number of aryl methyl sites for hydroxylation is 1. The number of aliphatic hydroxyl groups excluding tert-OH is 1. The third-order valence-electron chi connectivity index (χ3n) is 3.77. The van der Waals surface area contributed by atoms with Gasteiger partial charge in [-0.3, -0.25) is 0 Å². The summed E-state index contributed by atoms with van der Waals surface area (Å²) in [6.07, 6.45) is 4.17. The van der Waals surface area contributed by atoms with Crippen LogP contribution in [0.15, 0.2) is 22.7 Å². The second-order valence-corrected chi connectivity index (χ2v) is 5.37. The van der Waals surface area contributed by atoms with Crippen molar-refractivity contribution < 1.29 is 14.4 Å². The molecular formula is C16H20N2O3. The van der Waals surface area contributed by atoms with Crippen LogP contribution in [0.3, 0.4) is 0 Å². The highest BCUT2D eigenvalue weighted by molar-refractivity contribution is 5.42. The van der Waals surface area contributed by atoms with Crippen LogP contribution in [0.1, 0.15) is 55.1 Å². The van der Waals surface area contributed by atoms with Gasteiger partial charge < -0.3 is 14.4 Å². The van der Waals surface area contributed by atoms with E-state index in [2.05, 4.69) is 17.1 Å². The molecule has 1 aromatic heterocycles. The Labute approximate surface area is 123 Å². The zero-order valence-corrected chi connectivity index (χ0v) is 12.2. The minimum absolute atomic E-state index is 0.267. The number of aromatic nitrogens is 2. The van der Waals surface area contributed by atoms with Crippen molar-refractivity contribution in [3.63, 3.8) is 0 Å². The molecule has 1 unspecified atom stereocenters. The number of hydrogen-bond donors (Lipinski definition) is 1. The molecule has 0 amide bonds. The van der Waals surface area contributed by atoms with E-state index >= 15 is 0 Å². The zero-order chi connectivity index (χ0) is 14.7. The molecule has 0 radical (unpaired) electrons. The summed E-state index contributed by atoms with van der Waals surface area (Å²) in [5.74, 6) is 2.02. The quantitative estimate of drug-likeness (QED) is 0.916. The van der Waals surface area contributed by atoms with E-state index in [0.717, 1.165) is 54.8 Å². The van der Waals surface area contributed by atoms with Crippen molar-refractivity contribution >= 4 is 0 Å². The summed E-state index contributed by atoms with van der Waals surface area (Å²) < 4.78 is 11.0. The fourth-order valence-corrected chi connectivity index (χ4v) is 2.74. The van der Waals surface area contributed by atoms with Crippen molar-refractivity contribution in [2.24, 2.45) is 0 Å². The minimum atomic E-state index is -0.378. The highest BCUT2D eigenvalue weighted by atomic mass is 16.5. The lowest BCUT2D eigenvalue weighted by Gasteiger charge is -2.23. The Bertz CT molecular complexity index is 609. The Morgan fingerprint density at radius 1 is 1.43 bits per heavy atom. The van der Waals surface area contributed by atoms with E-state index in [9.17, 15) is 5.11 Å². The van der Waals surface area contributed by atoms with Gasteiger partial charge in [-0.05, 0) is 42.9 Å². The van der Waals surface area contributed by atoms with Crippen molar-refractivity contribution in [3.05, 3.63) is 41.0 Å². The summed E-state index contributed by atoms with van der Waals surface area (Å²) >= 11 is 0. The van der Waals surface area contributed by atoms with Crippen molar-refractivity contribution in [3.8, 4) is 5.75 Å². The molecule has 1 aliphatic carbocycles. The second-order valence-electron chi connectivity index (χ2n) is 5.37. The monoisotopic (exact) mass is 288 g/mol. The minimum Gasteiger partial charge on any atom is -0.483 e. The predicted molar refractivity (Wildman–Crippen MR) is 77.0 cm³/mol. The maximum absolute atomic E-state index is 10.0. The Balaban J connectivity index is 1.71. The van der Waals surface area contributed by atoms with Gasteiger partial charge in [-0.25, -0.2) is 0 Å². The molecule has 5 nitrogen and oxygen atoms in total. The summed E-state index contributed by atoms with van der Waals surface area (Å²) in [5.41, 5.74) is 2.08. The van der Waals surface area contributed by atoms with E-state index in [-0.39, 0.29) is 12.7 Å². The molecule has 1 aromatic carbocycles. The Morgan fingerprint density at radius 2 is 2.33 bits per heavy atom. The fourth-order valence-electron chi connectivity index (χ4n) is 2.74. The third-order valence-corrected chi connectivity index (χ3v) is 3.77. The molecular weight excluding hydrogens is 268 g/mol. The zero-order valence-electron chi connectivity index (χ0n) is 12.2. The largest absolute Gasteiger partial charge is 0.483 e. The summed E-state index contributed by atoms with van der Waals surface area (Å²) in [6.45, 7) is 2.34. The molecule has 21 heavy (non-hydrogen) atoms. The van der Waals surface area contributed by atoms with Crippen molar-refractivity contribution in [1.82, 2.24) is 10.1 Å². The van der Waals surface area contributed by atoms with Gasteiger partial charge in [0.05, 0.1) is 6.10 Å². The molecule has 1 aliphatic rings. The molecule has 0 aliphatic heterocycles. The average Bonchev–Trinajstić information content (AvgIpc) is 2.94. The molecule has 2 aromatic rings. The highest BCUT2D eigenvalue weighted by Crippen LogP contribution is 2.35. The number of rotatable bonds is 5. The fraction of sp³-hybridized carbons (Fsp3) is 0.500. The van der Waals surface area contributed by atoms with Gasteiger partial charge in [0.25, 0.3) is 5.89 Å². The standard InChI is InChI=1S/C16H20N2O3/c1-2-5-15-17-16(21-18-15)10-20-14-9-4-6-11-12(14)7-3-8-13(11)19/h4,6,9,13,19H,2-3,5,7-8,10H2,1H3. The first-order valence-corrected chi connectivity index (χ1v) is 7.52. The topological polar surface area (TPSA) is 68.4 Å². The lowest BCUT2D eigenvalue weighted by Crippen LogP contribution is -2.11. The number of aliphatic hydroxyl groups is 1. The number of nitrogens with zero attached hydrogens (tertiary/aromatic N) is 2. The van der Waals surface area contributed by atoms with Crippen LogP contribution in [0.2, 0.25) is 0 Å². The van der Waals surface area contributed by atoms with Gasteiger partial charge in [0, 0.05) is 6.42 Å². The van der Waals surface area contributed by atoms with Crippen LogP contribution < -0.4 is 4.74 Å². The number of fused-ring (bicyclic) bond motifs is 1. The van der Waals surface area contributed by atoms with E-state index in [4.69, 9.17) is 9.26 Å². The molecule has 1 atom stereocenters. The first kappa shape index (κ1) is 14.1. The molecule has 0 bridgehead atoms. The normalized spacial score (nSPS) is 17.5. The van der Waals surface area contributed by atoms with Gasteiger partial charge in [0.1, 0.15) is 5.75 Å². The molecule has 0 spiro atoms. The van der Waals surface area contributed by atoms with Crippen LogP contribution in [0.4, 0.5) is 0 Å². The SMILES string of the molecule is CCCc1noc(COc2cccc3c2CCCC3O)n1. The molecule has 0 saturated heterocycles. The molecule has 3 rings (SSSR count). The maximum atomic E-state index is 10.0. The van der Waals surface area contributed by atoms with Gasteiger partial charge in [0.2, 0.25) is 0 Å². The first-order chi connectivity index (χ1) is 10.3. The van der Waals surface area contributed by atoms with Crippen molar-refractivity contribution in [2.45, 2.75) is 51.7 Å². The van der Waals surface area contributed by atoms with E-state index in [0.29, 0.717) is 5.89 Å². The Hall–Kier alpha value is -1.88. The average molecular weight is 288 g/mol. The molecule has 5 heteroatoms. The van der Waals surface area contributed by atoms with Crippen LogP contribution in [-0.2, 0) is 19.4 Å². The van der Waals surface area contributed by atoms with Crippen LogP contribution in [0.5, 0.6) is 5.75 Å². The van der Waals surface area contributed by atoms with Gasteiger partial charge in [0.15, 0.2) is 12.4 Å². The highest BCUT2D eigenvalue weighted by Gasteiger charge is 2.21. The number of hydrogen-bond acceptors (Lipinski definition) is 5. The second kappa shape index (κ2) is 6.26. The van der Waals surface area contributed by atoms with Gasteiger partial charge in [-0.2, -0.15) is 4.98 Å². The molecule has 112 valence electrons. The van der Waals surface area contributed by atoms with Crippen LogP contribution in [0.25, 0.3) is 0 Å².